The number of H-pyrrole nitrogens is 1. The maximum atomic E-state index is 5.33. The number of aromatic amines is 1. The largest absolute Gasteiger partial charge is 0.388 e. The highest BCUT2D eigenvalue weighted by atomic mass is 32.2. The Kier molecular flexibility index (Phi) is 2.23. The highest BCUT2D eigenvalue weighted by Gasteiger charge is 2.07. The molecule has 10 heavy (non-hydrogen) atoms. The number of nitrogens with one attached hydrogen (secondary N) is 1. The standard InChI is InChI=1S/C4H6N4S2/c1-10-4-2(3(5)9)6-8-7-4/h1H3,(H2,5,9)(H,6,7,8). The number of hydrogen-bond donors (Lipinski definition) is 2. The van der Waals surface area contributed by atoms with Crippen molar-refractivity contribution in [2.24, 2.45) is 5.73 Å². The average molecular weight is 174 g/mol. The summed E-state index contributed by atoms with van der Waals surface area (Å²) in [5, 5.41) is 10.8. The number of thioether (sulfide) groups is 1. The Hall–Kier alpha value is -0.620. The van der Waals surface area contributed by atoms with Crippen LogP contribution in [-0.4, -0.2) is 26.7 Å². The third-order valence-corrected chi connectivity index (χ3v) is 1.81. The van der Waals surface area contributed by atoms with Crippen molar-refractivity contribution >= 4 is 29.0 Å². The Morgan fingerprint density at radius 2 is 2.40 bits per heavy atom. The zero-order valence-corrected chi connectivity index (χ0v) is 6.92. The van der Waals surface area contributed by atoms with Crippen molar-refractivity contribution in [2.45, 2.75) is 5.03 Å². The van der Waals surface area contributed by atoms with Crippen LogP contribution in [0.2, 0.25) is 0 Å². The maximum absolute atomic E-state index is 5.33. The molecule has 4 nitrogen and oxygen atoms in total. The van der Waals surface area contributed by atoms with Crippen molar-refractivity contribution in [3.8, 4) is 0 Å². The third kappa shape index (κ3) is 1.27. The summed E-state index contributed by atoms with van der Waals surface area (Å²) in [6.07, 6.45) is 1.89. The monoisotopic (exact) mass is 174 g/mol. The summed E-state index contributed by atoms with van der Waals surface area (Å²) >= 11 is 6.17. The molecule has 0 unspecified atom stereocenters. The van der Waals surface area contributed by atoms with Crippen LogP contribution in [0, 0.1) is 0 Å². The topological polar surface area (TPSA) is 67.6 Å². The minimum atomic E-state index is 0.276. The number of nitrogens with two attached hydrogens (primary N) is 1. The van der Waals surface area contributed by atoms with Gasteiger partial charge in [0.15, 0.2) is 5.69 Å². The van der Waals surface area contributed by atoms with Crippen LogP contribution in [0.1, 0.15) is 5.69 Å². The molecule has 0 amide bonds. The van der Waals surface area contributed by atoms with Gasteiger partial charge in [-0.3, -0.25) is 0 Å². The van der Waals surface area contributed by atoms with Gasteiger partial charge in [0.05, 0.1) is 0 Å². The highest BCUT2D eigenvalue weighted by Crippen LogP contribution is 2.13. The fourth-order valence-electron chi connectivity index (χ4n) is 0.524. The van der Waals surface area contributed by atoms with E-state index >= 15 is 0 Å². The van der Waals surface area contributed by atoms with Gasteiger partial charge in [0.2, 0.25) is 0 Å². The molecule has 0 fully saturated rings. The minimum Gasteiger partial charge on any atom is -0.388 e. The first-order valence-electron chi connectivity index (χ1n) is 2.50. The van der Waals surface area contributed by atoms with Crippen LogP contribution in [0.15, 0.2) is 5.03 Å². The normalized spacial score (nSPS) is 9.70. The van der Waals surface area contributed by atoms with E-state index in [4.69, 9.17) is 18.0 Å². The van der Waals surface area contributed by atoms with Gasteiger partial charge in [-0.1, -0.05) is 12.2 Å². The number of aromatic nitrogens is 3. The second kappa shape index (κ2) is 2.98. The SMILES string of the molecule is CSc1n[nH]nc1C(N)=S. The second-order valence-electron chi connectivity index (χ2n) is 1.55. The smallest absolute Gasteiger partial charge is 0.153 e. The van der Waals surface area contributed by atoms with Crippen molar-refractivity contribution in [2.75, 3.05) is 6.26 Å². The first-order chi connectivity index (χ1) is 4.75. The van der Waals surface area contributed by atoms with Crippen LogP contribution < -0.4 is 5.73 Å². The van der Waals surface area contributed by atoms with Gasteiger partial charge in [-0.05, 0) is 6.26 Å². The summed E-state index contributed by atoms with van der Waals surface area (Å²) in [6, 6.07) is 0. The molecule has 0 radical (unpaired) electrons. The zero-order valence-electron chi connectivity index (χ0n) is 5.29. The molecule has 0 atom stereocenters. The van der Waals surface area contributed by atoms with Crippen molar-refractivity contribution in [3.05, 3.63) is 5.69 Å². The highest BCUT2D eigenvalue weighted by molar-refractivity contribution is 7.98. The Bertz CT molecular complexity index is 243. The van der Waals surface area contributed by atoms with Crippen molar-refractivity contribution < 1.29 is 0 Å². The van der Waals surface area contributed by atoms with E-state index in [2.05, 4.69) is 15.4 Å². The van der Waals surface area contributed by atoms with E-state index < -0.39 is 0 Å². The lowest BCUT2D eigenvalue weighted by Crippen LogP contribution is -2.10. The van der Waals surface area contributed by atoms with Gasteiger partial charge in [-0.15, -0.1) is 16.9 Å². The molecule has 54 valence electrons. The summed E-state index contributed by atoms with van der Waals surface area (Å²) in [7, 11) is 0. The van der Waals surface area contributed by atoms with Gasteiger partial charge < -0.3 is 5.73 Å². The molecule has 0 aliphatic heterocycles. The van der Waals surface area contributed by atoms with Crippen LogP contribution in [0.5, 0.6) is 0 Å². The molecule has 0 spiro atoms. The van der Waals surface area contributed by atoms with Crippen molar-refractivity contribution in [1.29, 1.82) is 0 Å². The maximum Gasteiger partial charge on any atom is 0.153 e. The van der Waals surface area contributed by atoms with Crippen LogP contribution in [0.25, 0.3) is 0 Å². The first-order valence-corrected chi connectivity index (χ1v) is 4.13. The fourth-order valence-corrected chi connectivity index (χ4v) is 1.21. The third-order valence-electron chi connectivity index (χ3n) is 0.943. The Balaban J connectivity index is 3.01. The molecule has 0 aliphatic carbocycles. The molecular formula is C4H6N4S2. The zero-order chi connectivity index (χ0) is 7.56. The number of nitrogens with zero attached hydrogens (tertiary/aromatic N) is 2. The summed E-state index contributed by atoms with van der Waals surface area (Å²) < 4.78 is 0. The van der Waals surface area contributed by atoms with E-state index in [1.54, 1.807) is 0 Å². The molecule has 0 aliphatic rings. The summed E-state index contributed by atoms with van der Waals surface area (Å²) in [5.41, 5.74) is 5.90. The molecule has 1 aromatic rings. The van der Waals surface area contributed by atoms with E-state index in [1.807, 2.05) is 6.26 Å². The summed E-state index contributed by atoms with van der Waals surface area (Å²) in [6.45, 7) is 0. The molecule has 1 aromatic heterocycles. The predicted molar refractivity (Wildman–Crippen MR) is 44.1 cm³/mol. The Morgan fingerprint density at radius 3 is 2.80 bits per heavy atom. The lowest BCUT2D eigenvalue weighted by molar-refractivity contribution is 0.911. The minimum absolute atomic E-state index is 0.276. The molecule has 3 N–H and O–H groups in total. The van der Waals surface area contributed by atoms with Gasteiger partial charge in [0.1, 0.15) is 10.0 Å². The first kappa shape index (κ1) is 7.49. The van der Waals surface area contributed by atoms with Gasteiger partial charge in [-0.25, -0.2) is 0 Å². The molecule has 0 saturated heterocycles. The molecule has 1 heterocycles. The predicted octanol–water partition coefficient (Wildman–Crippen LogP) is 0.161. The molecule has 0 aromatic carbocycles. The molecular weight excluding hydrogens is 168 g/mol. The molecule has 0 bridgehead atoms. The van der Waals surface area contributed by atoms with Gasteiger partial charge in [0.25, 0.3) is 0 Å². The van der Waals surface area contributed by atoms with E-state index in [1.165, 1.54) is 11.8 Å². The van der Waals surface area contributed by atoms with E-state index in [9.17, 15) is 0 Å². The summed E-state index contributed by atoms with van der Waals surface area (Å²) in [4.78, 5) is 0.276. The second-order valence-corrected chi connectivity index (χ2v) is 2.78. The van der Waals surface area contributed by atoms with E-state index in [0.717, 1.165) is 5.03 Å². The van der Waals surface area contributed by atoms with Crippen LogP contribution in [0.3, 0.4) is 0 Å². The van der Waals surface area contributed by atoms with Gasteiger partial charge in [-0.2, -0.15) is 10.3 Å². The molecule has 6 heteroatoms. The summed E-state index contributed by atoms with van der Waals surface area (Å²) in [5.74, 6) is 0. The average Bonchev–Trinajstić information content (AvgIpc) is 2.33. The van der Waals surface area contributed by atoms with Crippen LogP contribution in [0.4, 0.5) is 0 Å². The van der Waals surface area contributed by atoms with E-state index in [0.29, 0.717) is 5.69 Å². The molecule has 1 rings (SSSR count). The van der Waals surface area contributed by atoms with E-state index in [-0.39, 0.29) is 4.99 Å². The fraction of sp³-hybridized carbons (Fsp3) is 0.250. The lowest BCUT2D eigenvalue weighted by Gasteiger charge is -1.90. The number of rotatable bonds is 2. The molecule has 0 saturated carbocycles. The Morgan fingerprint density at radius 1 is 1.70 bits per heavy atom. The van der Waals surface area contributed by atoms with Crippen LogP contribution in [-0.2, 0) is 0 Å². The van der Waals surface area contributed by atoms with Crippen molar-refractivity contribution in [1.82, 2.24) is 15.4 Å². The van der Waals surface area contributed by atoms with Gasteiger partial charge >= 0.3 is 0 Å². The van der Waals surface area contributed by atoms with Gasteiger partial charge in [0, 0.05) is 0 Å². The van der Waals surface area contributed by atoms with Crippen molar-refractivity contribution in [3.63, 3.8) is 0 Å². The van der Waals surface area contributed by atoms with Crippen LogP contribution >= 0.6 is 24.0 Å². The quantitative estimate of drug-likeness (QED) is 0.494. The lowest BCUT2D eigenvalue weighted by atomic mass is 10.5. The number of thiocarbonyl (C=S) groups is 1. The number of hydrogen-bond acceptors (Lipinski definition) is 4. The Labute approximate surface area is 67.6 Å².